The molecule has 0 atom stereocenters. The molecule has 2 heterocycles. The van der Waals surface area contributed by atoms with Crippen molar-refractivity contribution < 1.29 is 27.4 Å². The quantitative estimate of drug-likeness (QED) is 0.757. The zero-order valence-corrected chi connectivity index (χ0v) is 16.1. The Labute approximate surface area is 160 Å². The molecule has 152 valence electrons. The smallest absolute Gasteiger partial charge is 0.449 e. The van der Waals surface area contributed by atoms with Crippen molar-refractivity contribution in [2.75, 3.05) is 13.7 Å². The number of amides is 1. The minimum Gasteiger partial charge on any atom is -0.497 e. The molecule has 1 aromatic carbocycles. The van der Waals surface area contributed by atoms with E-state index in [4.69, 9.17) is 9.47 Å². The number of imidazole rings is 1. The molecular weight excluding hydrogens is 375 g/mol. The summed E-state index contributed by atoms with van der Waals surface area (Å²) in [7, 11) is 1.51. The van der Waals surface area contributed by atoms with Crippen molar-refractivity contribution in [3.63, 3.8) is 0 Å². The Morgan fingerprint density at radius 2 is 1.75 bits per heavy atom. The molecule has 2 aromatic rings. The van der Waals surface area contributed by atoms with Crippen LogP contribution in [0.3, 0.4) is 0 Å². The predicted octanol–water partition coefficient (Wildman–Crippen LogP) is 4.33. The molecule has 1 aliphatic rings. The largest absolute Gasteiger partial charge is 0.497 e. The molecule has 0 saturated heterocycles. The molecule has 0 saturated carbocycles. The zero-order chi connectivity index (χ0) is 20.7. The van der Waals surface area contributed by atoms with Gasteiger partial charge >= 0.3 is 12.3 Å². The fraction of sp³-hybridized carbons (Fsp3) is 0.474. The number of alkyl halides is 3. The molecule has 6 nitrogen and oxygen atoms in total. The van der Waals surface area contributed by atoms with Crippen molar-refractivity contribution in [1.82, 2.24) is 14.5 Å². The summed E-state index contributed by atoms with van der Waals surface area (Å²) in [5.74, 6) is -0.375. The Hall–Kier alpha value is -2.71. The van der Waals surface area contributed by atoms with E-state index in [9.17, 15) is 18.0 Å². The van der Waals surface area contributed by atoms with E-state index in [1.54, 1.807) is 45.0 Å². The van der Waals surface area contributed by atoms with E-state index >= 15 is 0 Å². The number of benzene rings is 1. The minimum atomic E-state index is -4.59. The second-order valence-corrected chi connectivity index (χ2v) is 7.51. The summed E-state index contributed by atoms with van der Waals surface area (Å²) in [6.45, 7) is 5.31. The molecule has 0 radical (unpaired) electrons. The van der Waals surface area contributed by atoms with Crippen molar-refractivity contribution in [2.45, 2.75) is 45.6 Å². The van der Waals surface area contributed by atoms with Gasteiger partial charge in [-0.1, -0.05) is 0 Å². The van der Waals surface area contributed by atoms with Crippen molar-refractivity contribution in [1.29, 1.82) is 0 Å². The number of hydrogen-bond donors (Lipinski definition) is 0. The van der Waals surface area contributed by atoms with Gasteiger partial charge in [-0.2, -0.15) is 13.2 Å². The van der Waals surface area contributed by atoms with Crippen molar-refractivity contribution in [2.24, 2.45) is 0 Å². The van der Waals surface area contributed by atoms with E-state index in [-0.39, 0.29) is 25.3 Å². The molecule has 0 spiro atoms. The lowest BCUT2D eigenvalue weighted by Crippen LogP contribution is -2.42. The number of rotatable bonds is 2. The van der Waals surface area contributed by atoms with Crippen LogP contribution in [0.5, 0.6) is 5.75 Å². The monoisotopic (exact) mass is 397 g/mol. The Morgan fingerprint density at radius 3 is 2.29 bits per heavy atom. The number of ether oxygens (including phenoxy) is 2. The van der Waals surface area contributed by atoms with E-state index in [1.165, 1.54) is 12.0 Å². The number of hydrogen-bond acceptors (Lipinski definition) is 4. The first-order valence-electron chi connectivity index (χ1n) is 8.78. The van der Waals surface area contributed by atoms with Gasteiger partial charge in [0.1, 0.15) is 11.4 Å². The van der Waals surface area contributed by atoms with Crippen molar-refractivity contribution in [3.8, 4) is 17.0 Å². The summed E-state index contributed by atoms with van der Waals surface area (Å²) in [6.07, 6.45) is -5.15. The average molecular weight is 397 g/mol. The van der Waals surface area contributed by atoms with Crippen molar-refractivity contribution >= 4 is 6.09 Å². The molecule has 9 heteroatoms. The first-order valence-corrected chi connectivity index (χ1v) is 8.78. The highest BCUT2D eigenvalue weighted by Gasteiger charge is 2.41. The Bertz CT molecular complexity index is 868. The second-order valence-electron chi connectivity index (χ2n) is 7.51. The fourth-order valence-corrected chi connectivity index (χ4v) is 3.05. The van der Waals surface area contributed by atoms with Gasteiger partial charge in [0.25, 0.3) is 0 Å². The molecule has 0 N–H and O–H groups in total. The van der Waals surface area contributed by atoms with Gasteiger partial charge in [0.05, 0.1) is 25.0 Å². The molecule has 1 amide bonds. The second kappa shape index (κ2) is 7.03. The van der Waals surface area contributed by atoms with Crippen LogP contribution in [-0.4, -0.2) is 39.8 Å². The number of nitrogens with zero attached hydrogens (tertiary/aromatic N) is 3. The highest BCUT2D eigenvalue weighted by atomic mass is 19.4. The van der Waals surface area contributed by atoms with Crippen LogP contribution in [0, 0.1) is 0 Å². The summed E-state index contributed by atoms with van der Waals surface area (Å²) in [5, 5.41) is 0. The average Bonchev–Trinajstić information content (AvgIpc) is 2.99. The predicted molar refractivity (Wildman–Crippen MR) is 95.9 cm³/mol. The van der Waals surface area contributed by atoms with Crippen LogP contribution in [0.1, 0.15) is 32.3 Å². The maximum atomic E-state index is 13.5. The van der Waals surface area contributed by atoms with E-state index in [0.717, 1.165) is 4.57 Å². The van der Waals surface area contributed by atoms with Gasteiger partial charge in [0, 0.05) is 18.7 Å². The summed E-state index contributed by atoms with van der Waals surface area (Å²) in [5.41, 5.74) is 0.356. The topological polar surface area (TPSA) is 56.6 Å². The van der Waals surface area contributed by atoms with Crippen molar-refractivity contribution in [3.05, 3.63) is 35.8 Å². The van der Waals surface area contributed by atoms with Gasteiger partial charge in [-0.3, -0.25) is 0 Å². The number of carbonyl (C=O) groups excluding carboxylic acids is 1. The van der Waals surface area contributed by atoms with E-state index in [1.807, 2.05) is 0 Å². The minimum absolute atomic E-state index is 0.00737. The molecule has 1 aromatic heterocycles. The molecule has 0 fully saturated rings. The maximum Gasteiger partial charge on any atom is 0.449 e. The number of halogens is 3. The number of fused-ring (bicyclic) bond motifs is 1. The fourth-order valence-electron chi connectivity index (χ4n) is 3.05. The van der Waals surface area contributed by atoms with Crippen LogP contribution in [0.25, 0.3) is 11.3 Å². The SMILES string of the molecule is COc1ccc(-c2nc(C(F)(F)F)n3c2CN(C(=O)OC(C)(C)C)CC3)cc1. The Kier molecular flexibility index (Phi) is 5.03. The van der Waals surface area contributed by atoms with Gasteiger partial charge in [0.15, 0.2) is 0 Å². The molecule has 0 bridgehead atoms. The standard InChI is InChI=1S/C19H22F3N3O3/c1-18(2,3)28-17(26)24-9-10-25-14(11-24)15(23-16(25)19(20,21)22)12-5-7-13(27-4)8-6-12/h5-8H,9-11H2,1-4H3. The molecular formula is C19H22F3N3O3. The van der Waals surface area contributed by atoms with Gasteiger partial charge in [-0.15, -0.1) is 0 Å². The number of carbonyl (C=O) groups is 1. The van der Waals surface area contributed by atoms with Gasteiger partial charge in [-0.05, 0) is 45.0 Å². The highest BCUT2D eigenvalue weighted by molar-refractivity contribution is 5.70. The summed E-state index contributed by atoms with van der Waals surface area (Å²) in [6, 6.07) is 6.61. The van der Waals surface area contributed by atoms with Gasteiger partial charge in [0.2, 0.25) is 5.82 Å². The molecule has 28 heavy (non-hydrogen) atoms. The molecule has 1 aliphatic heterocycles. The molecule has 0 unspecified atom stereocenters. The Balaban J connectivity index is 2.00. The van der Waals surface area contributed by atoms with Gasteiger partial charge < -0.3 is 18.9 Å². The van der Waals surface area contributed by atoms with E-state index < -0.39 is 23.7 Å². The first kappa shape index (κ1) is 20.0. The summed E-state index contributed by atoms with van der Waals surface area (Å²) >= 11 is 0. The highest BCUT2D eigenvalue weighted by Crippen LogP contribution is 2.36. The van der Waals surface area contributed by atoms with E-state index in [0.29, 0.717) is 17.0 Å². The lowest BCUT2D eigenvalue weighted by molar-refractivity contribution is -0.147. The third-order valence-corrected chi connectivity index (χ3v) is 4.28. The van der Waals surface area contributed by atoms with Crippen LogP contribution >= 0.6 is 0 Å². The van der Waals surface area contributed by atoms with Crippen LogP contribution < -0.4 is 4.74 Å². The maximum absolute atomic E-state index is 13.5. The van der Waals surface area contributed by atoms with Crippen LogP contribution in [0.4, 0.5) is 18.0 Å². The first-order chi connectivity index (χ1) is 13.0. The van der Waals surface area contributed by atoms with E-state index in [2.05, 4.69) is 4.98 Å². The summed E-state index contributed by atoms with van der Waals surface area (Å²) < 4.78 is 52.1. The molecule has 3 rings (SSSR count). The third-order valence-electron chi connectivity index (χ3n) is 4.28. The number of methoxy groups -OCH3 is 1. The van der Waals surface area contributed by atoms with Crippen LogP contribution in [0.2, 0.25) is 0 Å². The Morgan fingerprint density at radius 1 is 1.11 bits per heavy atom. The third kappa shape index (κ3) is 4.07. The normalized spacial score (nSPS) is 14.6. The van der Waals surface area contributed by atoms with Crippen LogP contribution in [0.15, 0.2) is 24.3 Å². The van der Waals surface area contributed by atoms with Gasteiger partial charge in [-0.25, -0.2) is 9.78 Å². The lowest BCUT2D eigenvalue weighted by atomic mass is 10.1. The lowest BCUT2D eigenvalue weighted by Gasteiger charge is -2.31. The zero-order valence-electron chi connectivity index (χ0n) is 16.1. The summed E-state index contributed by atoms with van der Waals surface area (Å²) in [4.78, 5) is 17.7. The van der Waals surface area contributed by atoms with Crippen LogP contribution in [-0.2, 0) is 24.0 Å². The molecule has 0 aliphatic carbocycles. The number of aromatic nitrogens is 2.